The molecule has 1 aromatic heterocycles. The number of aromatic hydroxyl groups is 1. The van der Waals surface area contributed by atoms with Gasteiger partial charge in [0.2, 0.25) is 5.88 Å². The monoisotopic (exact) mass is 165 g/mol. The maximum atomic E-state index is 9.10. The van der Waals surface area contributed by atoms with Gasteiger partial charge in [0.1, 0.15) is 12.1 Å². The van der Waals surface area contributed by atoms with E-state index in [2.05, 4.69) is 14.9 Å². The molecule has 1 aliphatic rings. The normalized spacial score (nSPS) is 16.8. The van der Waals surface area contributed by atoms with E-state index < -0.39 is 0 Å². The van der Waals surface area contributed by atoms with Gasteiger partial charge >= 0.3 is 0 Å². The van der Waals surface area contributed by atoms with Gasteiger partial charge in [-0.3, -0.25) is 0 Å². The van der Waals surface area contributed by atoms with Crippen LogP contribution in [0.1, 0.15) is 12.8 Å². The van der Waals surface area contributed by atoms with Crippen molar-refractivity contribution in [1.29, 1.82) is 0 Å². The predicted molar refractivity (Wildman–Crippen MR) is 45.1 cm³/mol. The van der Waals surface area contributed by atoms with Crippen LogP contribution in [-0.4, -0.2) is 28.2 Å². The fourth-order valence-corrected chi connectivity index (χ4v) is 1.46. The molecule has 0 amide bonds. The number of rotatable bonds is 1. The van der Waals surface area contributed by atoms with E-state index in [4.69, 9.17) is 5.11 Å². The van der Waals surface area contributed by atoms with Crippen molar-refractivity contribution >= 4 is 5.82 Å². The van der Waals surface area contributed by atoms with Gasteiger partial charge in [-0.15, -0.1) is 0 Å². The number of nitrogens with zero attached hydrogens (tertiary/aromatic N) is 3. The summed E-state index contributed by atoms with van der Waals surface area (Å²) in [5.41, 5.74) is 0. The zero-order valence-corrected chi connectivity index (χ0v) is 6.77. The maximum Gasteiger partial charge on any atom is 0.215 e. The Kier molecular flexibility index (Phi) is 1.81. The molecule has 0 bridgehead atoms. The summed E-state index contributed by atoms with van der Waals surface area (Å²) in [6.45, 7) is 2.08. The van der Waals surface area contributed by atoms with Crippen LogP contribution in [0.4, 0.5) is 5.82 Å². The van der Waals surface area contributed by atoms with E-state index in [1.807, 2.05) is 0 Å². The zero-order chi connectivity index (χ0) is 8.39. The van der Waals surface area contributed by atoms with Crippen LogP contribution in [-0.2, 0) is 0 Å². The molecule has 1 fully saturated rings. The summed E-state index contributed by atoms with van der Waals surface area (Å²) in [5, 5.41) is 9.10. The maximum absolute atomic E-state index is 9.10. The topological polar surface area (TPSA) is 49.2 Å². The highest BCUT2D eigenvalue weighted by atomic mass is 16.3. The van der Waals surface area contributed by atoms with Gasteiger partial charge in [-0.25, -0.2) is 9.97 Å². The van der Waals surface area contributed by atoms with E-state index in [0.29, 0.717) is 0 Å². The summed E-state index contributed by atoms with van der Waals surface area (Å²) in [7, 11) is 0. The fraction of sp³-hybridized carbons (Fsp3) is 0.500. The number of hydrogen-bond acceptors (Lipinski definition) is 4. The minimum Gasteiger partial charge on any atom is -0.493 e. The minimum atomic E-state index is 0.0481. The lowest BCUT2D eigenvalue weighted by atomic mass is 10.4. The standard InChI is InChI=1S/C8H11N3O/c12-8-5-7(9-6-10-8)11-3-1-2-4-11/h5-6H,1-4H2,(H,9,10,12). The van der Waals surface area contributed by atoms with Crippen LogP contribution in [0.2, 0.25) is 0 Å². The fourth-order valence-electron chi connectivity index (χ4n) is 1.46. The molecule has 0 saturated carbocycles. The van der Waals surface area contributed by atoms with Crippen molar-refractivity contribution in [1.82, 2.24) is 9.97 Å². The third kappa shape index (κ3) is 1.32. The Hall–Kier alpha value is -1.32. The van der Waals surface area contributed by atoms with Crippen LogP contribution in [0.5, 0.6) is 5.88 Å². The Bertz CT molecular complexity index is 271. The van der Waals surface area contributed by atoms with Gasteiger partial charge in [-0.05, 0) is 12.8 Å². The Labute approximate surface area is 70.9 Å². The molecule has 4 nitrogen and oxygen atoms in total. The molecular formula is C8H11N3O. The second kappa shape index (κ2) is 2.97. The Balaban J connectivity index is 2.21. The smallest absolute Gasteiger partial charge is 0.215 e. The van der Waals surface area contributed by atoms with Crippen molar-refractivity contribution in [3.05, 3.63) is 12.4 Å². The molecule has 0 spiro atoms. The van der Waals surface area contributed by atoms with Crippen LogP contribution in [0, 0.1) is 0 Å². The van der Waals surface area contributed by atoms with Gasteiger partial charge in [0.15, 0.2) is 0 Å². The second-order valence-corrected chi connectivity index (χ2v) is 2.93. The molecule has 1 N–H and O–H groups in total. The van der Waals surface area contributed by atoms with E-state index in [1.54, 1.807) is 6.07 Å². The number of aromatic nitrogens is 2. The Morgan fingerprint density at radius 1 is 1.25 bits per heavy atom. The number of hydrogen-bond donors (Lipinski definition) is 1. The summed E-state index contributed by atoms with van der Waals surface area (Å²) in [4.78, 5) is 9.86. The molecule has 0 atom stereocenters. The molecule has 0 unspecified atom stereocenters. The minimum absolute atomic E-state index is 0.0481. The second-order valence-electron chi connectivity index (χ2n) is 2.93. The van der Waals surface area contributed by atoms with Gasteiger partial charge < -0.3 is 10.0 Å². The van der Waals surface area contributed by atoms with E-state index in [-0.39, 0.29) is 5.88 Å². The van der Waals surface area contributed by atoms with E-state index in [1.165, 1.54) is 19.2 Å². The first-order valence-corrected chi connectivity index (χ1v) is 4.12. The van der Waals surface area contributed by atoms with Crippen molar-refractivity contribution in [3.8, 4) is 5.88 Å². The molecule has 1 saturated heterocycles. The zero-order valence-electron chi connectivity index (χ0n) is 6.77. The third-order valence-corrected chi connectivity index (χ3v) is 2.07. The quantitative estimate of drug-likeness (QED) is 0.668. The molecule has 1 aromatic rings. The van der Waals surface area contributed by atoms with E-state index in [9.17, 15) is 0 Å². The first kappa shape index (κ1) is 7.34. The molecule has 12 heavy (non-hydrogen) atoms. The number of anilines is 1. The van der Waals surface area contributed by atoms with Crippen molar-refractivity contribution in [2.75, 3.05) is 18.0 Å². The molecule has 2 rings (SSSR count). The molecule has 1 aliphatic heterocycles. The molecule has 0 radical (unpaired) electrons. The molecule has 0 aromatic carbocycles. The lowest BCUT2D eigenvalue weighted by Gasteiger charge is -2.15. The van der Waals surface area contributed by atoms with Gasteiger partial charge in [0.05, 0.1) is 0 Å². The van der Waals surface area contributed by atoms with Gasteiger partial charge in [-0.2, -0.15) is 0 Å². The molecule has 0 aliphatic carbocycles. The molecule has 64 valence electrons. The van der Waals surface area contributed by atoms with Crippen LogP contribution in [0.15, 0.2) is 12.4 Å². The largest absolute Gasteiger partial charge is 0.493 e. The lowest BCUT2D eigenvalue weighted by molar-refractivity contribution is 0.452. The third-order valence-electron chi connectivity index (χ3n) is 2.07. The summed E-state index contributed by atoms with van der Waals surface area (Å²) < 4.78 is 0. The van der Waals surface area contributed by atoms with Crippen LogP contribution in [0.25, 0.3) is 0 Å². The van der Waals surface area contributed by atoms with E-state index >= 15 is 0 Å². The molecule has 4 heteroatoms. The first-order chi connectivity index (χ1) is 5.86. The van der Waals surface area contributed by atoms with Gasteiger partial charge in [0, 0.05) is 19.2 Å². The highest BCUT2D eigenvalue weighted by Gasteiger charge is 2.13. The average molecular weight is 165 g/mol. The molecular weight excluding hydrogens is 154 g/mol. The summed E-state index contributed by atoms with van der Waals surface area (Å²) in [5.74, 6) is 0.881. The summed E-state index contributed by atoms with van der Waals surface area (Å²) in [6, 6.07) is 1.60. The Morgan fingerprint density at radius 2 is 2.00 bits per heavy atom. The summed E-state index contributed by atoms with van der Waals surface area (Å²) in [6.07, 6.45) is 3.82. The van der Waals surface area contributed by atoms with Crippen molar-refractivity contribution in [2.45, 2.75) is 12.8 Å². The van der Waals surface area contributed by atoms with Crippen molar-refractivity contribution in [3.63, 3.8) is 0 Å². The first-order valence-electron chi connectivity index (χ1n) is 4.12. The highest BCUT2D eigenvalue weighted by Crippen LogP contribution is 2.19. The van der Waals surface area contributed by atoms with Gasteiger partial charge in [-0.1, -0.05) is 0 Å². The predicted octanol–water partition coefficient (Wildman–Crippen LogP) is 0.782. The molecule has 2 heterocycles. The summed E-state index contributed by atoms with van der Waals surface area (Å²) >= 11 is 0. The van der Waals surface area contributed by atoms with Crippen molar-refractivity contribution in [2.24, 2.45) is 0 Å². The SMILES string of the molecule is Oc1cc(N2CCCC2)ncn1. The van der Waals surface area contributed by atoms with E-state index in [0.717, 1.165) is 18.9 Å². The lowest BCUT2D eigenvalue weighted by Crippen LogP contribution is -2.18. The average Bonchev–Trinajstić information content (AvgIpc) is 2.56. The van der Waals surface area contributed by atoms with Crippen LogP contribution in [0.3, 0.4) is 0 Å². The van der Waals surface area contributed by atoms with Gasteiger partial charge in [0.25, 0.3) is 0 Å². The Morgan fingerprint density at radius 3 is 2.67 bits per heavy atom. The van der Waals surface area contributed by atoms with Crippen LogP contribution >= 0.6 is 0 Å². The van der Waals surface area contributed by atoms with Crippen molar-refractivity contribution < 1.29 is 5.11 Å². The highest BCUT2D eigenvalue weighted by molar-refractivity contribution is 5.40. The van der Waals surface area contributed by atoms with Crippen LogP contribution < -0.4 is 4.90 Å².